The van der Waals surface area contributed by atoms with Crippen LogP contribution in [0.15, 0.2) is 152 Å². The zero-order valence-corrected chi connectivity index (χ0v) is 40.0. The topological polar surface area (TPSA) is 54.0 Å². The Hall–Kier alpha value is -6.87. The van der Waals surface area contributed by atoms with E-state index in [1.54, 1.807) is 0 Å². The second-order valence-corrected chi connectivity index (χ2v) is 19.1. The van der Waals surface area contributed by atoms with Crippen molar-refractivity contribution in [3.05, 3.63) is 168 Å². The smallest absolute Gasteiger partial charge is 0.656 e. The van der Waals surface area contributed by atoms with E-state index in [-0.39, 0.29) is 38.8 Å². The van der Waals surface area contributed by atoms with E-state index in [0.29, 0.717) is 0 Å². The van der Waals surface area contributed by atoms with Gasteiger partial charge in [-0.2, -0.15) is 0 Å². The molecule has 13 rings (SSSR count). The number of fused-ring (bicyclic) bond motifs is 24. The van der Waals surface area contributed by atoms with Gasteiger partial charge < -0.3 is 9.97 Å². The summed E-state index contributed by atoms with van der Waals surface area (Å²) in [6.07, 6.45) is 0. The van der Waals surface area contributed by atoms with Crippen LogP contribution < -0.4 is 9.97 Å². The third-order valence-electron chi connectivity index (χ3n) is 14.1. The summed E-state index contributed by atoms with van der Waals surface area (Å²) in [5.41, 5.74) is 15.7. The minimum atomic E-state index is 0. The van der Waals surface area contributed by atoms with E-state index in [1.165, 1.54) is 43.1 Å². The molecule has 4 nitrogen and oxygen atoms in total. The SMILES string of the molecule is CC(C)c1c2nc(c(C(C)C)c3[n-]c(c(C(C)C)c4nc(cc5[n-]c1c1cc6ccccc6cc51)-c1cc5ccccc5cc1-4)c1cc4ccccc4cc31)-c1cc3ccccc3cc1-2.[Pt+2]. The fourth-order valence-electron chi connectivity index (χ4n) is 11.1. The molecule has 2 aliphatic heterocycles. The van der Waals surface area contributed by atoms with Gasteiger partial charge >= 0.3 is 21.1 Å². The van der Waals surface area contributed by atoms with E-state index in [2.05, 4.69) is 193 Å². The van der Waals surface area contributed by atoms with Crippen LogP contribution in [-0.4, -0.2) is 9.97 Å². The number of benzene rings is 8. The Morgan fingerprint density at radius 3 is 1.03 bits per heavy atom. The molecule has 5 heterocycles. The maximum atomic E-state index is 5.91. The predicted octanol–water partition coefficient (Wildman–Crippen LogP) is 16.5. The molecule has 0 radical (unpaired) electrons. The molecule has 0 N–H and O–H groups in total. The molecule has 11 aromatic rings. The second-order valence-electron chi connectivity index (χ2n) is 19.1. The third kappa shape index (κ3) is 6.00. The Labute approximate surface area is 398 Å². The van der Waals surface area contributed by atoms with Crippen molar-refractivity contribution in [3.8, 4) is 45.0 Å². The average molecular weight is 1030 g/mol. The molecule has 320 valence electrons. The Morgan fingerprint density at radius 2 is 0.636 bits per heavy atom. The Bertz CT molecular complexity index is 4050. The largest absolute Gasteiger partial charge is 2.00 e. The zero-order chi connectivity index (χ0) is 43.8. The normalized spacial score (nSPS) is 12.4. The van der Waals surface area contributed by atoms with Gasteiger partial charge in [0.2, 0.25) is 0 Å². The number of hydrogen-bond acceptors (Lipinski definition) is 2. The van der Waals surface area contributed by atoms with Crippen molar-refractivity contribution in [2.24, 2.45) is 0 Å². The number of nitrogens with zero attached hydrogens (tertiary/aromatic N) is 4. The van der Waals surface area contributed by atoms with Crippen LogP contribution in [0.1, 0.15) is 76.0 Å². The summed E-state index contributed by atoms with van der Waals surface area (Å²) in [5, 5.41) is 14.1. The maximum Gasteiger partial charge on any atom is 2.00 e. The van der Waals surface area contributed by atoms with Crippen molar-refractivity contribution in [1.82, 2.24) is 19.9 Å². The minimum absolute atomic E-state index is 0. The van der Waals surface area contributed by atoms with E-state index in [4.69, 9.17) is 19.9 Å². The second kappa shape index (κ2) is 15.1. The van der Waals surface area contributed by atoms with Gasteiger partial charge in [-0.05, 0) is 154 Å². The molecule has 8 bridgehead atoms. The first kappa shape index (κ1) is 40.6. The van der Waals surface area contributed by atoms with E-state index in [0.717, 1.165) is 105 Å². The molecule has 8 aromatic carbocycles. The van der Waals surface area contributed by atoms with Crippen LogP contribution in [0.5, 0.6) is 0 Å². The molecule has 0 amide bonds. The van der Waals surface area contributed by atoms with Crippen molar-refractivity contribution >= 4 is 86.7 Å². The quantitative estimate of drug-likeness (QED) is 0.177. The first-order chi connectivity index (χ1) is 31.7. The molecule has 0 fully saturated rings. The Morgan fingerprint density at radius 1 is 0.333 bits per heavy atom. The van der Waals surface area contributed by atoms with Crippen LogP contribution in [0.25, 0.3) is 132 Å². The molecule has 0 aliphatic carbocycles. The van der Waals surface area contributed by atoms with E-state index < -0.39 is 0 Å². The zero-order valence-electron chi connectivity index (χ0n) is 37.8. The average Bonchev–Trinajstić information content (AvgIpc) is 4.04. The standard InChI is InChI=1S/C61H46N4.Pt/c1-32(2)53-56-45-25-37-17-9-7-15-35(37)23-43(45)51(62-56)31-52-44-24-36-16-8-10-18-38(36)26-46(44)57(63-52)54(33(3)4)59-48-28-40-20-12-14-22-42(40)30-50(48)61(65-59)55(34(5)6)60-49-29-41-21-13-11-19-39(41)27-47(49)58(53)64-60;/h7-34H,1-6H3;/q-2;+2. The molecular weight excluding hydrogens is 984 g/mol. The van der Waals surface area contributed by atoms with Crippen LogP contribution in [0, 0.1) is 0 Å². The maximum absolute atomic E-state index is 5.91. The fourth-order valence-corrected chi connectivity index (χ4v) is 11.1. The first-order valence-electron chi connectivity index (χ1n) is 23.1. The van der Waals surface area contributed by atoms with Gasteiger partial charge in [0.25, 0.3) is 0 Å². The molecule has 3 aromatic heterocycles. The Kier molecular flexibility index (Phi) is 9.29. The predicted molar refractivity (Wildman–Crippen MR) is 275 cm³/mol. The number of aromatic nitrogens is 4. The summed E-state index contributed by atoms with van der Waals surface area (Å²) in [7, 11) is 0. The number of hydrogen-bond donors (Lipinski definition) is 0. The summed E-state index contributed by atoms with van der Waals surface area (Å²) < 4.78 is 0. The summed E-state index contributed by atoms with van der Waals surface area (Å²) in [4.78, 5) is 23.3. The molecule has 0 unspecified atom stereocenters. The molecule has 2 aliphatic rings. The van der Waals surface area contributed by atoms with Gasteiger partial charge in [-0.15, -0.1) is 22.1 Å². The summed E-state index contributed by atoms with van der Waals surface area (Å²) >= 11 is 0. The molecule has 0 atom stereocenters. The summed E-state index contributed by atoms with van der Waals surface area (Å²) in [5.74, 6) is 0.289. The van der Waals surface area contributed by atoms with Crippen molar-refractivity contribution < 1.29 is 21.1 Å². The van der Waals surface area contributed by atoms with Crippen molar-refractivity contribution in [2.45, 2.75) is 59.3 Å². The van der Waals surface area contributed by atoms with Crippen LogP contribution in [0.3, 0.4) is 0 Å². The first-order valence-corrected chi connectivity index (χ1v) is 23.1. The van der Waals surface area contributed by atoms with Crippen molar-refractivity contribution in [1.29, 1.82) is 0 Å². The van der Waals surface area contributed by atoms with Crippen molar-refractivity contribution in [3.63, 3.8) is 0 Å². The van der Waals surface area contributed by atoms with Crippen LogP contribution in [-0.2, 0) is 21.1 Å². The molecule has 0 spiro atoms. The van der Waals surface area contributed by atoms with Crippen LogP contribution >= 0.6 is 0 Å². The van der Waals surface area contributed by atoms with Gasteiger partial charge in [0, 0.05) is 22.3 Å². The minimum Gasteiger partial charge on any atom is -0.656 e. The van der Waals surface area contributed by atoms with Gasteiger partial charge in [0.05, 0.1) is 22.8 Å². The van der Waals surface area contributed by atoms with Gasteiger partial charge in [0.15, 0.2) is 0 Å². The van der Waals surface area contributed by atoms with E-state index in [9.17, 15) is 0 Å². The molecule has 0 saturated carbocycles. The summed E-state index contributed by atoms with van der Waals surface area (Å²) in [6, 6.07) is 55.8. The molecular formula is C61H46N4Pt. The molecule has 0 saturated heterocycles. The van der Waals surface area contributed by atoms with Gasteiger partial charge in [-0.1, -0.05) is 139 Å². The Balaban J connectivity index is 0.00000456. The van der Waals surface area contributed by atoms with Crippen molar-refractivity contribution in [2.75, 3.05) is 0 Å². The number of rotatable bonds is 3. The fraction of sp³-hybridized carbons (Fsp3) is 0.148. The van der Waals surface area contributed by atoms with Gasteiger partial charge in [-0.3, -0.25) is 0 Å². The summed E-state index contributed by atoms with van der Waals surface area (Å²) in [6.45, 7) is 13.8. The third-order valence-corrected chi connectivity index (χ3v) is 14.1. The van der Waals surface area contributed by atoms with Crippen LogP contribution in [0.4, 0.5) is 0 Å². The molecule has 5 heteroatoms. The van der Waals surface area contributed by atoms with E-state index >= 15 is 0 Å². The monoisotopic (exact) mass is 1030 g/mol. The van der Waals surface area contributed by atoms with Gasteiger partial charge in [-0.25, -0.2) is 9.97 Å². The van der Waals surface area contributed by atoms with Crippen LogP contribution in [0.2, 0.25) is 0 Å². The van der Waals surface area contributed by atoms with Gasteiger partial charge in [0.1, 0.15) is 0 Å². The molecule has 66 heavy (non-hydrogen) atoms. The van der Waals surface area contributed by atoms with E-state index in [1.807, 2.05) is 0 Å².